The topological polar surface area (TPSA) is 67.4 Å². The first-order valence-electron chi connectivity index (χ1n) is 5.46. The minimum Gasteiger partial charge on any atom is -0.461 e. The number of amides is 1. The molecule has 5 heteroatoms. The Morgan fingerprint density at radius 3 is 2.67 bits per heavy atom. The van der Waals surface area contributed by atoms with E-state index >= 15 is 0 Å². The molecule has 0 spiro atoms. The summed E-state index contributed by atoms with van der Waals surface area (Å²) in [5, 5.41) is 5.49. The van der Waals surface area contributed by atoms with Crippen LogP contribution in [0.2, 0.25) is 0 Å². The van der Waals surface area contributed by atoms with Crippen molar-refractivity contribution in [1.29, 1.82) is 0 Å². The third-order valence-electron chi connectivity index (χ3n) is 2.88. The quantitative estimate of drug-likeness (QED) is 0.609. The van der Waals surface area contributed by atoms with Gasteiger partial charge in [0.05, 0.1) is 6.54 Å². The van der Waals surface area contributed by atoms with Crippen LogP contribution >= 0.6 is 0 Å². The van der Waals surface area contributed by atoms with E-state index in [4.69, 9.17) is 4.74 Å². The van der Waals surface area contributed by atoms with Gasteiger partial charge in [0.2, 0.25) is 5.91 Å². The van der Waals surface area contributed by atoms with Crippen LogP contribution in [0.1, 0.15) is 25.7 Å². The van der Waals surface area contributed by atoms with E-state index in [1.165, 1.54) is 0 Å². The summed E-state index contributed by atoms with van der Waals surface area (Å²) in [5.74, 6) is -0.304. The average Bonchev–Trinajstić information content (AvgIpc) is 2.71. The van der Waals surface area contributed by atoms with E-state index in [1.807, 2.05) is 0 Å². The first kappa shape index (κ1) is 10.4. The summed E-state index contributed by atoms with van der Waals surface area (Å²) in [6.07, 6.45) is 4.34. The van der Waals surface area contributed by atoms with Crippen LogP contribution < -0.4 is 10.6 Å². The Balaban J connectivity index is 1.77. The molecule has 5 nitrogen and oxygen atoms in total. The number of hydrogen-bond donors (Lipinski definition) is 2. The smallest absolute Gasteiger partial charge is 0.325 e. The zero-order valence-corrected chi connectivity index (χ0v) is 8.62. The lowest BCUT2D eigenvalue weighted by Crippen LogP contribution is -2.55. The predicted octanol–water partition coefficient (Wildman–Crippen LogP) is -0.440. The van der Waals surface area contributed by atoms with Gasteiger partial charge in [-0.1, -0.05) is 0 Å². The molecule has 0 aromatic carbocycles. The van der Waals surface area contributed by atoms with Gasteiger partial charge in [0, 0.05) is 6.54 Å². The third-order valence-corrected chi connectivity index (χ3v) is 2.88. The number of rotatable bonds is 2. The van der Waals surface area contributed by atoms with Crippen molar-refractivity contribution in [3.8, 4) is 0 Å². The van der Waals surface area contributed by atoms with Crippen molar-refractivity contribution in [3.63, 3.8) is 0 Å². The lowest BCUT2D eigenvalue weighted by Gasteiger charge is -2.23. The monoisotopic (exact) mass is 212 g/mol. The number of carbonyl (C=O) groups is 2. The second kappa shape index (κ2) is 4.61. The van der Waals surface area contributed by atoms with Gasteiger partial charge < -0.3 is 10.1 Å². The molecule has 2 rings (SSSR count). The Bertz CT molecular complexity index is 251. The van der Waals surface area contributed by atoms with Crippen molar-refractivity contribution >= 4 is 11.9 Å². The number of esters is 1. The Morgan fingerprint density at radius 2 is 2.07 bits per heavy atom. The molecule has 15 heavy (non-hydrogen) atoms. The molecule has 1 saturated heterocycles. The first-order valence-corrected chi connectivity index (χ1v) is 5.46. The van der Waals surface area contributed by atoms with Gasteiger partial charge in [0.25, 0.3) is 0 Å². The van der Waals surface area contributed by atoms with Crippen LogP contribution in [0.4, 0.5) is 0 Å². The van der Waals surface area contributed by atoms with Gasteiger partial charge in [-0.2, -0.15) is 0 Å². The Labute approximate surface area is 88.5 Å². The van der Waals surface area contributed by atoms with Gasteiger partial charge in [-0.3, -0.25) is 14.9 Å². The maximum atomic E-state index is 11.6. The molecule has 1 atom stereocenters. The van der Waals surface area contributed by atoms with Crippen molar-refractivity contribution in [1.82, 2.24) is 10.6 Å². The van der Waals surface area contributed by atoms with E-state index in [0.29, 0.717) is 6.54 Å². The molecule has 1 saturated carbocycles. The van der Waals surface area contributed by atoms with E-state index in [-0.39, 0.29) is 30.6 Å². The zero-order valence-electron chi connectivity index (χ0n) is 8.62. The average molecular weight is 212 g/mol. The van der Waals surface area contributed by atoms with Crippen LogP contribution in [0.5, 0.6) is 0 Å². The SMILES string of the molecule is O=C1CNC(C(=O)OC2CCCC2)CN1. The fourth-order valence-corrected chi connectivity index (χ4v) is 1.99. The van der Waals surface area contributed by atoms with E-state index in [0.717, 1.165) is 25.7 Å². The summed E-state index contributed by atoms with van der Waals surface area (Å²) < 4.78 is 5.33. The van der Waals surface area contributed by atoms with Crippen molar-refractivity contribution in [2.45, 2.75) is 37.8 Å². The number of nitrogens with one attached hydrogen (secondary N) is 2. The van der Waals surface area contributed by atoms with Crippen LogP contribution in [0, 0.1) is 0 Å². The highest BCUT2D eigenvalue weighted by atomic mass is 16.5. The molecule has 0 aromatic heterocycles. The van der Waals surface area contributed by atoms with Crippen molar-refractivity contribution in [2.75, 3.05) is 13.1 Å². The number of piperazine rings is 1. The Morgan fingerprint density at radius 1 is 1.33 bits per heavy atom. The summed E-state index contributed by atoms with van der Waals surface area (Å²) >= 11 is 0. The fourth-order valence-electron chi connectivity index (χ4n) is 1.99. The highest BCUT2D eigenvalue weighted by molar-refractivity contribution is 5.83. The molecule has 2 N–H and O–H groups in total. The normalized spacial score (nSPS) is 27.5. The highest BCUT2D eigenvalue weighted by Crippen LogP contribution is 2.21. The molecule has 1 heterocycles. The fraction of sp³-hybridized carbons (Fsp3) is 0.800. The molecule has 1 amide bonds. The number of carbonyl (C=O) groups excluding carboxylic acids is 2. The molecule has 2 aliphatic rings. The summed E-state index contributed by atoms with van der Waals surface area (Å²) in [6.45, 7) is 0.537. The third kappa shape index (κ3) is 2.68. The number of ether oxygens (including phenoxy) is 1. The van der Waals surface area contributed by atoms with E-state index in [1.54, 1.807) is 0 Å². The minimum atomic E-state index is -0.372. The van der Waals surface area contributed by atoms with E-state index in [2.05, 4.69) is 10.6 Å². The van der Waals surface area contributed by atoms with Crippen LogP contribution in [0.3, 0.4) is 0 Å². The summed E-state index contributed by atoms with van der Waals surface area (Å²) in [6, 6.07) is -0.372. The lowest BCUT2D eigenvalue weighted by atomic mass is 10.2. The minimum absolute atomic E-state index is 0.0695. The molecule has 1 unspecified atom stereocenters. The molecule has 0 aromatic rings. The maximum Gasteiger partial charge on any atom is 0.325 e. The molecule has 0 bridgehead atoms. The van der Waals surface area contributed by atoms with Crippen LogP contribution in [0.25, 0.3) is 0 Å². The van der Waals surface area contributed by atoms with Gasteiger partial charge in [0.1, 0.15) is 12.1 Å². The second-order valence-electron chi connectivity index (χ2n) is 4.08. The largest absolute Gasteiger partial charge is 0.461 e. The molecule has 1 aliphatic carbocycles. The lowest BCUT2D eigenvalue weighted by molar-refractivity contribution is -0.151. The molecular formula is C10H16N2O3. The van der Waals surface area contributed by atoms with Crippen molar-refractivity contribution in [2.24, 2.45) is 0 Å². The zero-order chi connectivity index (χ0) is 10.7. The van der Waals surface area contributed by atoms with Gasteiger partial charge in [-0.25, -0.2) is 0 Å². The van der Waals surface area contributed by atoms with Gasteiger partial charge in [-0.15, -0.1) is 0 Å². The highest BCUT2D eigenvalue weighted by Gasteiger charge is 2.28. The summed E-state index contributed by atoms with van der Waals surface area (Å²) in [4.78, 5) is 22.5. The summed E-state index contributed by atoms with van der Waals surface area (Å²) in [5.41, 5.74) is 0. The Kier molecular flexibility index (Phi) is 3.20. The second-order valence-corrected chi connectivity index (χ2v) is 4.08. The van der Waals surface area contributed by atoms with Crippen LogP contribution in [-0.2, 0) is 14.3 Å². The molecule has 1 aliphatic heterocycles. The summed E-state index contributed by atoms with van der Waals surface area (Å²) in [7, 11) is 0. The van der Waals surface area contributed by atoms with Crippen LogP contribution in [-0.4, -0.2) is 37.1 Å². The van der Waals surface area contributed by atoms with Gasteiger partial charge >= 0.3 is 5.97 Å². The standard InChI is InChI=1S/C10H16N2O3/c13-9-6-11-8(5-12-9)10(14)15-7-3-1-2-4-7/h7-8,11H,1-6H2,(H,12,13). The number of hydrogen-bond acceptors (Lipinski definition) is 4. The Hall–Kier alpha value is -1.10. The first-order chi connectivity index (χ1) is 7.25. The van der Waals surface area contributed by atoms with Crippen LogP contribution in [0.15, 0.2) is 0 Å². The maximum absolute atomic E-state index is 11.6. The van der Waals surface area contributed by atoms with E-state index < -0.39 is 0 Å². The van der Waals surface area contributed by atoms with E-state index in [9.17, 15) is 9.59 Å². The van der Waals surface area contributed by atoms with Crippen molar-refractivity contribution in [3.05, 3.63) is 0 Å². The van der Waals surface area contributed by atoms with Crippen molar-refractivity contribution < 1.29 is 14.3 Å². The molecule has 84 valence electrons. The van der Waals surface area contributed by atoms with Gasteiger partial charge in [0.15, 0.2) is 0 Å². The molecule has 0 radical (unpaired) electrons. The molecular weight excluding hydrogens is 196 g/mol. The van der Waals surface area contributed by atoms with Gasteiger partial charge in [-0.05, 0) is 25.7 Å². The predicted molar refractivity (Wildman–Crippen MR) is 53.1 cm³/mol. The molecule has 2 fully saturated rings.